The van der Waals surface area contributed by atoms with E-state index in [1.165, 1.54) is 18.3 Å². The van der Waals surface area contributed by atoms with E-state index in [2.05, 4.69) is 27.6 Å². The number of rotatable bonds is 3. The summed E-state index contributed by atoms with van der Waals surface area (Å²) in [5, 5.41) is 10.4. The fourth-order valence-electron chi connectivity index (χ4n) is 1.18. The molecule has 0 atom stereocenters. The van der Waals surface area contributed by atoms with Gasteiger partial charge in [-0.2, -0.15) is 0 Å². The van der Waals surface area contributed by atoms with Crippen LogP contribution in [-0.2, 0) is 0 Å². The van der Waals surface area contributed by atoms with E-state index in [1.807, 2.05) is 24.3 Å². The predicted molar refractivity (Wildman–Crippen MR) is 70.1 cm³/mol. The summed E-state index contributed by atoms with van der Waals surface area (Å²) in [6.07, 6.45) is 1.17. The molecule has 0 spiro atoms. The molecule has 0 fully saturated rings. The van der Waals surface area contributed by atoms with Crippen LogP contribution in [0, 0.1) is 13.7 Å². The van der Waals surface area contributed by atoms with Crippen molar-refractivity contribution in [3.8, 4) is 11.6 Å². The third-order valence-electron chi connectivity index (χ3n) is 1.98. The topological polar surface area (TPSA) is 65.3 Å². The van der Waals surface area contributed by atoms with Crippen molar-refractivity contribution in [2.24, 2.45) is 0 Å². The molecule has 0 amide bonds. The number of ether oxygens (including phenoxy) is 1. The average molecular weight is 342 g/mol. The van der Waals surface area contributed by atoms with Crippen LogP contribution in [0.4, 0.5) is 5.69 Å². The van der Waals surface area contributed by atoms with Gasteiger partial charge >= 0.3 is 0 Å². The molecule has 1 aromatic carbocycles. The minimum atomic E-state index is -0.497. The van der Waals surface area contributed by atoms with Gasteiger partial charge in [-0.1, -0.05) is 12.1 Å². The fraction of sp³-hybridized carbons (Fsp3) is 0. The van der Waals surface area contributed by atoms with E-state index in [-0.39, 0.29) is 5.69 Å². The standard InChI is InChI=1S/C11H7IN2O3/c12-9-3-1-2-4-10(9)17-11-6-5-8(7-13-11)14(15)16/h1-7H. The van der Waals surface area contributed by atoms with E-state index in [0.29, 0.717) is 11.6 Å². The van der Waals surface area contributed by atoms with Crippen LogP contribution in [0.5, 0.6) is 11.6 Å². The van der Waals surface area contributed by atoms with Crippen LogP contribution >= 0.6 is 22.6 Å². The van der Waals surface area contributed by atoms with E-state index < -0.39 is 4.92 Å². The van der Waals surface area contributed by atoms with Crippen molar-refractivity contribution in [2.45, 2.75) is 0 Å². The summed E-state index contributed by atoms with van der Waals surface area (Å²) in [5.74, 6) is 1.01. The Kier molecular flexibility index (Phi) is 3.52. The zero-order valence-corrected chi connectivity index (χ0v) is 10.7. The van der Waals surface area contributed by atoms with Crippen molar-refractivity contribution < 1.29 is 9.66 Å². The van der Waals surface area contributed by atoms with Gasteiger partial charge in [0.25, 0.3) is 5.69 Å². The lowest BCUT2D eigenvalue weighted by Crippen LogP contribution is -1.92. The first kappa shape index (κ1) is 11.8. The Morgan fingerprint density at radius 1 is 1.24 bits per heavy atom. The van der Waals surface area contributed by atoms with Gasteiger partial charge in [0.1, 0.15) is 11.9 Å². The molecule has 0 aliphatic rings. The lowest BCUT2D eigenvalue weighted by Gasteiger charge is -2.05. The zero-order valence-electron chi connectivity index (χ0n) is 8.54. The molecule has 2 aromatic rings. The highest BCUT2D eigenvalue weighted by Gasteiger charge is 2.07. The summed E-state index contributed by atoms with van der Waals surface area (Å²) in [6, 6.07) is 10.3. The molecule has 0 N–H and O–H groups in total. The van der Waals surface area contributed by atoms with Crippen molar-refractivity contribution in [1.82, 2.24) is 4.98 Å². The van der Waals surface area contributed by atoms with E-state index in [1.54, 1.807) is 0 Å². The Morgan fingerprint density at radius 2 is 2.00 bits per heavy atom. The minimum Gasteiger partial charge on any atom is -0.438 e. The molecular formula is C11H7IN2O3. The van der Waals surface area contributed by atoms with Crippen molar-refractivity contribution in [3.63, 3.8) is 0 Å². The van der Waals surface area contributed by atoms with Crippen molar-refractivity contribution in [1.29, 1.82) is 0 Å². The number of para-hydroxylation sites is 1. The normalized spacial score (nSPS) is 9.94. The first-order valence-electron chi connectivity index (χ1n) is 4.69. The second kappa shape index (κ2) is 5.09. The maximum Gasteiger partial charge on any atom is 0.287 e. The largest absolute Gasteiger partial charge is 0.438 e. The number of nitrogens with zero attached hydrogens (tertiary/aromatic N) is 2. The molecule has 17 heavy (non-hydrogen) atoms. The predicted octanol–water partition coefficient (Wildman–Crippen LogP) is 3.39. The molecular weight excluding hydrogens is 335 g/mol. The van der Waals surface area contributed by atoms with Crippen LogP contribution in [0.2, 0.25) is 0 Å². The van der Waals surface area contributed by atoms with Crippen molar-refractivity contribution in [2.75, 3.05) is 0 Å². The second-order valence-electron chi connectivity index (χ2n) is 3.14. The maximum atomic E-state index is 10.4. The van der Waals surface area contributed by atoms with Crippen LogP contribution in [-0.4, -0.2) is 9.91 Å². The number of pyridine rings is 1. The minimum absolute atomic E-state index is 0.0555. The SMILES string of the molecule is O=[N+]([O-])c1ccc(Oc2ccccc2I)nc1. The monoisotopic (exact) mass is 342 g/mol. The molecule has 5 nitrogen and oxygen atoms in total. The van der Waals surface area contributed by atoms with Gasteiger partial charge in [-0.3, -0.25) is 10.1 Å². The molecule has 0 bridgehead atoms. The first-order valence-corrected chi connectivity index (χ1v) is 5.77. The molecule has 0 aliphatic carbocycles. The molecule has 2 rings (SSSR count). The van der Waals surface area contributed by atoms with Gasteiger partial charge in [-0.15, -0.1) is 0 Å². The number of hydrogen-bond acceptors (Lipinski definition) is 4. The summed E-state index contributed by atoms with van der Waals surface area (Å²) in [4.78, 5) is 13.8. The number of nitro groups is 1. The molecule has 0 aliphatic heterocycles. The molecule has 6 heteroatoms. The quantitative estimate of drug-likeness (QED) is 0.487. The summed E-state index contributed by atoms with van der Waals surface area (Å²) in [7, 11) is 0. The van der Waals surface area contributed by atoms with E-state index >= 15 is 0 Å². The molecule has 1 heterocycles. The van der Waals surface area contributed by atoms with Gasteiger partial charge < -0.3 is 4.74 Å². The molecule has 0 unspecified atom stereocenters. The van der Waals surface area contributed by atoms with Gasteiger partial charge in [0.05, 0.1) is 8.49 Å². The zero-order chi connectivity index (χ0) is 12.3. The van der Waals surface area contributed by atoms with E-state index in [4.69, 9.17) is 4.74 Å². The Hall–Kier alpha value is -1.70. The average Bonchev–Trinajstić information content (AvgIpc) is 2.33. The van der Waals surface area contributed by atoms with Crippen LogP contribution in [0.25, 0.3) is 0 Å². The fourth-order valence-corrected chi connectivity index (χ4v) is 1.68. The van der Waals surface area contributed by atoms with Crippen molar-refractivity contribution >= 4 is 28.3 Å². The van der Waals surface area contributed by atoms with Crippen molar-refractivity contribution in [3.05, 3.63) is 56.3 Å². The summed E-state index contributed by atoms with van der Waals surface area (Å²) in [6.45, 7) is 0. The van der Waals surface area contributed by atoms with Crippen LogP contribution in [0.1, 0.15) is 0 Å². The Bertz CT molecular complexity index is 543. The lowest BCUT2D eigenvalue weighted by atomic mass is 10.3. The molecule has 86 valence electrons. The Labute approximate surface area is 111 Å². The Balaban J connectivity index is 2.20. The van der Waals surface area contributed by atoms with Crippen LogP contribution < -0.4 is 4.74 Å². The molecule has 0 saturated heterocycles. The number of hydrogen-bond donors (Lipinski definition) is 0. The Morgan fingerprint density at radius 3 is 2.59 bits per heavy atom. The van der Waals surface area contributed by atoms with Gasteiger partial charge in [-0.25, -0.2) is 4.98 Å². The summed E-state index contributed by atoms with van der Waals surface area (Å²) < 4.78 is 6.45. The lowest BCUT2D eigenvalue weighted by molar-refractivity contribution is -0.385. The second-order valence-corrected chi connectivity index (χ2v) is 4.31. The first-order chi connectivity index (χ1) is 8.16. The van der Waals surface area contributed by atoms with Crippen LogP contribution in [0.15, 0.2) is 42.6 Å². The number of benzene rings is 1. The molecule has 0 saturated carbocycles. The van der Waals surface area contributed by atoms with Gasteiger partial charge in [-0.05, 0) is 34.7 Å². The smallest absolute Gasteiger partial charge is 0.287 e. The highest BCUT2D eigenvalue weighted by molar-refractivity contribution is 14.1. The van der Waals surface area contributed by atoms with Gasteiger partial charge in [0.2, 0.25) is 5.88 Å². The number of halogens is 1. The van der Waals surface area contributed by atoms with Gasteiger partial charge in [0.15, 0.2) is 0 Å². The maximum absolute atomic E-state index is 10.4. The van der Waals surface area contributed by atoms with Gasteiger partial charge in [0, 0.05) is 12.1 Å². The summed E-state index contributed by atoms with van der Waals surface area (Å²) in [5.41, 5.74) is -0.0555. The third kappa shape index (κ3) is 2.90. The molecule has 0 radical (unpaired) electrons. The molecule has 1 aromatic heterocycles. The summed E-state index contributed by atoms with van der Waals surface area (Å²) >= 11 is 2.14. The van der Waals surface area contributed by atoms with Crippen LogP contribution in [0.3, 0.4) is 0 Å². The van der Waals surface area contributed by atoms with E-state index in [9.17, 15) is 10.1 Å². The highest BCUT2D eigenvalue weighted by atomic mass is 127. The third-order valence-corrected chi connectivity index (χ3v) is 2.87. The number of aromatic nitrogens is 1. The highest BCUT2D eigenvalue weighted by Crippen LogP contribution is 2.25. The van der Waals surface area contributed by atoms with E-state index in [0.717, 1.165) is 3.57 Å².